The van der Waals surface area contributed by atoms with Gasteiger partial charge in [0.25, 0.3) is 0 Å². The van der Waals surface area contributed by atoms with Crippen molar-refractivity contribution in [2.75, 3.05) is 6.61 Å². The smallest absolute Gasteiger partial charge is 0.112 e. The second-order valence-corrected chi connectivity index (χ2v) is 4.95. The van der Waals surface area contributed by atoms with Crippen LogP contribution in [0, 0.1) is 0 Å². The Morgan fingerprint density at radius 3 is 2.94 bits per heavy atom. The summed E-state index contributed by atoms with van der Waals surface area (Å²) in [6.45, 7) is 0.258. The lowest BCUT2D eigenvalue weighted by atomic mass is 10.1. The van der Waals surface area contributed by atoms with E-state index in [1.807, 2.05) is 0 Å². The predicted molar refractivity (Wildman–Crippen MR) is 68.1 cm³/mol. The van der Waals surface area contributed by atoms with Crippen molar-refractivity contribution in [1.82, 2.24) is 9.55 Å². The zero-order valence-electron chi connectivity index (χ0n) is 10.2. The Morgan fingerprint density at radius 2 is 2.24 bits per heavy atom. The molecular weight excluding hydrogens is 212 g/mol. The molecule has 17 heavy (non-hydrogen) atoms. The first-order valence-corrected chi connectivity index (χ1v) is 6.35. The van der Waals surface area contributed by atoms with Crippen LogP contribution in [0.25, 0.3) is 11.0 Å². The number of aromatic nitrogens is 2. The third kappa shape index (κ3) is 1.95. The lowest BCUT2D eigenvalue weighted by Gasteiger charge is -2.01. The number of hydrogen-bond acceptors (Lipinski definition) is 2. The van der Waals surface area contributed by atoms with E-state index < -0.39 is 0 Å². The first-order valence-electron chi connectivity index (χ1n) is 6.35. The summed E-state index contributed by atoms with van der Waals surface area (Å²) in [6.07, 6.45) is 4.33. The number of imidazole rings is 1. The van der Waals surface area contributed by atoms with Gasteiger partial charge in [0.1, 0.15) is 5.82 Å². The van der Waals surface area contributed by atoms with Crippen LogP contribution >= 0.6 is 0 Å². The van der Waals surface area contributed by atoms with Crippen molar-refractivity contribution in [2.24, 2.45) is 7.05 Å². The largest absolute Gasteiger partial charge is 0.396 e. The van der Waals surface area contributed by atoms with Crippen LogP contribution in [0.5, 0.6) is 0 Å². The maximum absolute atomic E-state index is 8.85. The highest BCUT2D eigenvalue weighted by Gasteiger charge is 2.28. The summed E-state index contributed by atoms with van der Waals surface area (Å²) >= 11 is 0. The molecule has 0 unspecified atom stereocenters. The van der Waals surface area contributed by atoms with Gasteiger partial charge in [-0.25, -0.2) is 4.98 Å². The molecule has 0 spiro atoms. The first kappa shape index (κ1) is 10.8. The summed E-state index contributed by atoms with van der Waals surface area (Å²) in [5, 5.41) is 8.85. The molecule has 3 nitrogen and oxygen atoms in total. The molecule has 1 aliphatic carbocycles. The number of aryl methyl sites for hydroxylation is 2. The summed E-state index contributed by atoms with van der Waals surface area (Å²) in [5.74, 6) is 1.92. The summed E-state index contributed by atoms with van der Waals surface area (Å²) in [5.41, 5.74) is 3.59. The van der Waals surface area contributed by atoms with E-state index in [1.165, 1.54) is 29.7 Å². The minimum Gasteiger partial charge on any atom is -0.396 e. The van der Waals surface area contributed by atoms with Gasteiger partial charge in [0.05, 0.1) is 11.0 Å². The molecule has 1 N–H and O–H groups in total. The van der Waals surface area contributed by atoms with Crippen LogP contribution in [-0.2, 0) is 13.5 Å². The number of hydrogen-bond donors (Lipinski definition) is 1. The number of nitrogens with zero attached hydrogens (tertiary/aromatic N) is 2. The van der Waals surface area contributed by atoms with Crippen molar-refractivity contribution < 1.29 is 5.11 Å². The summed E-state index contributed by atoms with van der Waals surface area (Å²) < 4.78 is 2.23. The van der Waals surface area contributed by atoms with E-state index in [9.17, 15) is 0 Å². The fourth-order valence-electron chi connectivity index (χ4n) is 2.41. The Morgan fingerprint density at radius 1 is 1.41 bits per heavy atom. The molecule has 0 aliphatic heterocycles. The number of benzene rings is 1. The molecule has 1 aliphatic rings. The van der Waals surface area contributed by atoms with Crippen LogP contribution in [0.3, 0.4) is 0 Å². The molecule has 1 aromatic carbocycles. The highest BCUT2D eigenvalue weighted by Crippen LogP contribution is 2.40. The molecule has 1 aromatic heterocycles. The second-order valence-electron chi connectivity index (χ2n) is 4.95. The van der Waals surface area contributed by atoms with E-state index >= 15 is 0 Å². The van der Waals surface area contributed by atoms with Crippen molar-refractivity contribution >= 4 is 11.0 Å². The van der Waals surface area contributed by atoms with Gasteiger partial charge in [-0.3, -0.25) is 0 Å². The molecule has 0 atom stereocenters. The topological polar surface area (TPSA) is 38.0 Å². The Hall–Kier alpha value is -1.35. The molecule has 1 fully saturated rings. The molecule has 2 aromatic rings. The number of aliphatic hydroxyl groups excluding tert-OH is 1. The van der Waals surface area contributed by atoms with Crippen LogP contribution in [0.15, 0.2) is 18.2 Å². The molecule has 3 rings (SSSR count). The van der Waals surface area contributed by atoms with Crippen molar-refractivity contribution in [3.05, 3.63) is 29.6 Å². The minimum atomic E-state index is 0.258. The molecule has 0 saturated heterocycles. The average molecular weight is 230 g/mol. The number of aliphatic hydroxyl groups is 1. The zero-order chi connectivity index (χ0) is 11.8. The Bertz CT molecular complexity index is 540. The first-order chi connectivity index (χ1) is 8.29. The third-order valence-electron chi connectivity index (χ3n) is 3.55. The standard InChI is InChI=1S/C14H18N2O/c1-16-13-7-4-10(3-2-8-17)9-12(13)15-14(16)11-5-6-11/h4,7,9,11,17H,2-3,5-6,8H2,1H3. The van der Waals surface area contributed by atoms with Gasteiger partial charge < -0.3 is 9.67 Å². The Kier molecular flexibility index (Phi) is 2.63. The van der Waals surface area contributed by atoms with Gasteiger partial charge in [0, 0.05) is 19.6 Å². The molecule has 0 radical (unpaired) electrons. The van der Waals surface area contributed by atoms with Gasteiger partial charge in [-0.1, -0.05) is 6.07 Å². The van der Waals surface area contributed by atoms with Crippen molar-refractivity contribution in [1.29, 1.82) is 0 Å². The van der Waals surface area contributed by atoms with Crippen molar-refractivity contribution in [3.8, 4) is 0 Å². The normalized spacial score (nSPS) is 15.6. The van der Waals surface area contributed by atoms with Crippen LogP contribution in [-0.4, -0.2) is 21.3 Å². The quantitative estimate of drug-likeness (QED) is 0.875. The van der Waals surface area contributed by atoms with E-state index in [-0.39, 0.29) is 6.61 Å². The monoisotopic (exact) mass is 230 g/mol. The summed E-state index contributed by atoms with van der Waals surface area (Å²) in [7, 11) is 2.11. The maximum atomic E-state index is 8.85. The van der Waals surface area contributed by atoms with Crippen molar-refractivity contribution in [2.45, 2.75) is 31.6 Å². The van der Waals surface area contributed by atoms with Crippen LogP contribution in [0.2, 0.25) is 0 Å². The van der Waals surface area contributed by atoms with E-state index in [1.54, 1.807) is 0 Å². The number of fused-ring (bicyclic) bond motifs is 1. The maximum Gasteiger partial charge on any atom is 0.112 e. The lowest BCUT2D eigenvalue weighted by Crippen LogP contribution is -1.94. The highest BCUT2D eigenvalue weighted by molar-refractivity contribution is 5.77. The second kappa shape index (κ2) is 4.15. The van der Waals surface area contributed by atoms with Gasteiger partial charge in [-0.15, -0.1) is 0 Å². The van der Waals surface area contributed by atoms with Gasteiger partial charge in [-0.2, -0.15) is 0 Å². The Balaban J connectivity index is 1.98. The van der Waals surface area contributed by atoms with E-state index in [2.05, 4.69) is 29.8 Å². The van der Waals surface area contributed by atoms with Gasteiger partial charge in [0.2, 0.25) is 0 Å². The number of rotatable bonds is 4. The minimum absolute atomic E-state index is 0.258. The molecule has 0 amide bonds. The molecule has 1 heterocycles. The van der Waals surface area contributed by atoms with Crippen LogP contribution in [0.1, 0.15) is 36.6 Å². The van der Waals surface area contributed by atoms with E-state index in [4.69, 9.17) is 10.1 Å². The zero-order valence-corrected chi connectivity index (χ0v) is 10.2. The molecular formula is C14H18N2O. The van der Waals surface area contributed by atoms with Crippen LogP contribution < -0.4 is 0 Å². The molecule has 0 bridgehead atoms. The summed E-state index contributed by atoms with van der Waals surface area (Å²) in [4.78, 5) is 4.74. The fraction of sp³-hybridized carbons (Fsp3) is 0.500. The Labute approximate surface area is 101 Å². The van der Waals surface area contributed by atoms with E-state index in [0.29, 0.717) is 5.92 Å². The molecule has 1 saturated carbocycles. The van der Waals surface area contributed by atoms with Gasteiger partial charge in [0.15, 0.2) is 0 Å². The average Bonchev–Trinajstić information content (AvgIpc) is 3.13. The lowest BCUT2D eigenvalue weighted by molar-refractivity contribution is 0.288. The van der Waals surface area contributed by atoms with Gasteiger partial charge in [-0.05, 0) is 43.4 Å². The molecule has 90 valence electrons. The highest BCUT2D eigenvalue weighted by atomic mass is 16.2. The molecule has 3 heteroatoms. The fourth-order valence-corrected chi connectivity index (χ4v) is 2.41. The van der Waals surface area contributed by atoms with Crippen molar-refractivity contribution in [3.63, 3.8) is 0 Å². The third-order valence-corrected chi connectivity index (χ3v) is 3.55. The summed E-state index contributed by atoms with van der Waals surface area (Å²) in [6, 6.07) is 6.47. The van der Waals surface area contributed by atoms with Gasteiger partial charge >= 0.3 is 0 Å². The van der Waals surface area contributed by atoms with E-state index in [0.717, 1.165) is 18.4 Å². The SMILES string of the molecule is Cn1c(C2CC2)nc2cc(CCCO)ccc21. The van der Waals surface area contributed by atoms with Crippen LogP contribution in [0.4, 0.5) is 0 Å². The predicted octanol–water partition coefficient (Wildman–Crippen LogP) is 2.38.